The Bertz CT molecular complexity index is 344. The molecule has 3 N–H and O–H groups in total. The van der Waals surface area contributed by atoms with Crippen LogP contribution < -0.4 is 5.73 Å². The van der Waals surface area contributed by atoms with Crippen LogP contribution in [0, 0.1) is 11.8 Å². The van der Waals surface area contributed by atoms with Crippen molar-refractivity contribution in [2.24, 2.45) is 17.6 Å². The van der Waals surface area contributed by atoms with E-state index in [0.29, 0.717) is 31.7 Å². The quantitative estimate of drug-likeness (QED) is 0.765. The highest BCUT2D eigenvalue weighted by molar-refractivity contribution is 5.89. The topological polar surface area (TPSA) is 83.6 Å². The first kappa shape index (κ1) is 16.0. The molecule has 1 aliphatic heterocycles. The molecular weight excluding hydrogens is 244 g/mol. The van der Waals surface area contributed by atoms with Crippen LogP contribution in [-0.2, 0) is 9.59 Å². The van der Waals surface area contributed by atoms with Crippen molar-refractivity contribution in [3.8, 4) is 0 Å². The van der Waals surface area contributed by atoms with Gasteiger partial charge in [0.2, 0.25) is 5.91 Å². The van der Waals surface area contributed by atoms with Crippen molar-refractivity contribution in [3.63, 3.8) is 0 Å². The maximum absolute atomic E-state index is 12.6. The largest absolute Gasteiger partial charge is 0.479 e. The first-order chi connectivity index (χ1) is 8.89. The van der Waals surface area contributed by atoms with E-state index in [-0.39, 0.29) is 18.4 Å². The normalized spacial score (nSPS) is 24.8. The summed E-state index contributed by atoms with van der Waals surface area (Å²) in [4.78, 5) is 25.7. The van der Waals surface area contributed by atoms with Gasteiger partial charge in [0.05, 0.1) is 5.92 Å². The van der Waals surface area contributed by atoms with E-state index in [1.54, 1.807) is 4.90 Å². The van der Waals surface area contributed by atoms with Gasteiger partial charge in [-0.05, 0) is 31.6 Å². The number of hydrogen-bond acceptors (Lipinski definition) is 3. The van der Waals surface area contributed by atoms with E-state index in [1.807, 2.05) is 20.8 Å². The van der Waals surface area contributed by atoms with Gasteiger partial charge in [0.1, 0.15) is 5.54 Å². The van der Waals surface area contributed by atoms with Crippen LogP contribution >= 0.6 is 0 Å². The van der Waals surface area contributed by atoms with Gasteiger partial charge >= 0.3 is 5.97 Å². The highest BCUT2D eigenvalue weighted by Crippen LogP contribution is 2.34. The van der Waals surface area contributed by atoms with Gasteiger partial charge in [-0.2, -0.15) is 0 Å². The molecule has 1 fully saturated rings. The first-order valence-electron chi connectivity index (χ1n) is 7.14. The molecule has 1 saturated heterocycles. The van der Waals surface area contributed by atoms with Gasteiger partial charge in [0.15, 0.2) is 0 Å². The van der Waals surface area contributed by atoms with E-state index in [4.69, 9.17) is 5.73 Å². The number of likely N-dealkylation sites (tertiary alicyclic amines) is 1. The molecule has 0 aliphatic carbocycles. The van der Waals surface area contributed by atoms with Crippen LogP contribution in [0.25, 0.3) is 0 Å². The number of amides is 1. The summed E-state index contributed by atoms with van der Waals surface area (Å²) in [6, 6.07) is 0. The third-order valence-corrected chi connectivity index (χ3v) is 4.13. The van der Waals surface area contributed by atoms with Crippen LogP contribution in [0.15, 0.2) is 0 Å². The monoisotopic (exact) mass is 270 g/mol. The Labute approximate surface area is 115 Å². The first-order valence-corrected chi connectivity index (χ1v) is 7.14. The van der Waals surface area contributed by atoms with Crippen LogP contribution in [0.3, 0.4) is 0 Å². The number of carbonyl (C=O) groups excluding carboxylic acids is 1. The van der Waals surface area contributed by atoms with Crippen molar-refractivity contribution in [2.45, 2.75) is 52.0 Å². The summed E-state index contributed by atoms with van der Waals surface area (Å²) < 4.78 is 0. The summed E-state index contributed by atoms with van der Waals surface area (Å²) in [6.07, 6.45) is 2.46. The summed E-state index contributed by atoms with van der Waals surface area (Å²) in [5, 5.41) is 9.49. The van der Waals surface area contributed by atoms with Crippen molar-refractivity contribution >= 4 is 11.9 Å². The minimum Gasteiger partial charge on any atom is -0.479 e. The fourth-order valence-corrected chi connectivity index (χ4v) is 3.03. The third kappa shape index (κ3) is 3.08. The molecule has 110 valence electrons. The second-order valence-corrected chi connectivity index (χ2v) is 5.85. The highest BCUT2D eigenvalue weighted by Gasteiger charge is 2.49. The highest BCUT2D eigenvalue weighted by atomic mass is 16.4. The maximum Gasteiger partial charge on any atom is 0.329 e. The lowest BCUT2D eigenvalue weighted by molar-refractivity contribution is -0.158. The smallest absolute Gasteiger partial charge is 0.329 e. The molecule has 0 aromatic rings. The second kappa shape index (κ2) is 6.37. The maximum atomic E-state index is 12.6. The van der Waals surface area contributed by atoms with E-state index in [0.717, 1.165) is 6.42 Å². The summed E-state index contributed by atoms with van der Waals surface area (Å²) in [6.45, 7) is 6.74. The van der Waals surface area contributed by atoms with Crippen LogP contribution in [-0.4, -0.2) is 40.5 Å². The summed E-state index contributed by atoms with van der Waals surface area (Å²) in [5.74, 6) is -0.858. The van der Waals surface area contributed by atoms with Crippen molar-refractivity contribution in [3.05, 3.63) is 0 Å². The Morgan fingerprint density at radius 3 is 2.47 bits per heavy atom. The third-order valence-electron chi connectivity index (χ3n) is 4.13. The number of nitrogens with zero attached hydrogens (tertiary/aromatic N) is 1. The fourth-order valence-electron chi connectivity index (χ4n) is 3.03. The summed E-state index contributed by atoms with van der Waals surface area (Å²) >= 11 is 0. The van der Waals surface area contributed by atoms with Crippen LogP contribution in [0.4, 0.5) is 0 Å². The molecule has 2 unspecified atom stereocenters. The molecule has 19 heavy (non-hydrogen) atoms. The second-order valence-electron chi connectivity index (χ2n) is 5.85. The Kier molecular flexibility index (Phi) is 5.35. The lowest BCUT2D eigenvalue weighted by Gasteiger charge is -2.36. The van der Waals surface area contributed by atoms with Crippen molar-refractivity contribution in [2.75, 3.05) is 13.1 Å². The number of hydrogen-bond donors (Lipinski definition) is 2. The summed E-state index contributed by atoms with van der Waals surface area (Å²) in [5.41, 5.74) is 4.69. The molecule has 1 aliphatic rings. The van der Waals surface area contributed by atoms with Gasteiger partial charge in [-0.3, -0.25) is 4.79 Å². The zero-order valence-electron chi connectivity index (χ0n) is 12.2. The number of carboxylic acids is 1. The fraction of sp³-hybridized carbons (Fsp3) is 0.857. The molecule has 0 radical (unpaired) electrons. The molecule has 1 amide bonds. The minimum absolute atomic E-state index is 0.0852. The minimum atomic E-state index is -1.01. The Hall–Kier alpha value is -1.10. The van der Waals surface area contributed by atoms with E-state index in [2.05, 4.69) is 0 Å². The van der Waals surface area contributed by atoms with Gasteiger partial charge < -0.3 is 15.7 Å². The molecule has 0 spiro atoms. The molecule has 1 rings (SSSR count). The molecule has 1 heterocycles. The van der Waals surface area contributed by atoms with Crippen LogP contribution in [0.1, 0.15) is 46.5 Å². The lowest BCUT2D eigenvalue weighted by Crippen LogP contribution is -2.55. The van der Waals surface area contributed by atoms with E-state index >= 15 is 0 Å². The van der Waals surface area contributed by atoms with Gasteiger partial charge in [-0.25, -0.2) is 4.79 Å². The molecule has 2 atom stereocenters. The van der Waals surface area contributed by atoms with E-state index in [9.17, 15) is 14.7 Å². The van der Waals surface area contributed by atoms with Crippen molar-refractivity contribution in [1.29, 1.82) is 0 Å². The number of carboxylic acid groups (broad SMARTS) is 1. The average molecular weight is 270 g/mol. The Morgan fingerprint density at radius 1 is 1.42 bits per heavy atom. The number of carbonyl (C=O) groups is 2. The average Bonchev–Trinajstić information content (AvgIpc) is 2.79. The standard InChI is InChI=1S/C14H26N2O3/c1-4-14(13(18)19)6-5-7-16(14)12(17)11(9-15)8-10(2)3/h10-11H,4-9,15H2,1-3H3,(H,18,19). The Morgan fingerprint density at radius 2 is 2.05 bits per heavy atom. The van der Waals surface area contributed by atoms with Crippen LogP contribution in [0.2, 0.25) is 0 Å². The van der Waals surface area contributed by atoms with Gasteiger partial charge in [0, 0.05) is 13.1 Å². The van der Waals surface area contributed by atoms with Crippen LogP contribution in [0.5, 0.6) is 0 Å². The van der Waals surface area contributed by atoms with Gasteiger partial charge in [0.25, 0.3) is 0 Å². The number of aliphatic carboxylic acids is 1. The SMILES string of the molecule is CCC1(C(=O)O)CCCN1C(=O)C(CN)CC(C)C. The molecule has 0 bridgehead atoms. The van der Waals surface area contributed by atoms with E-state index in [1.165, 1.54) is 0 Å². The molecular formula is C14H26N2O3. The predicted molar refractivity (Wildman–Crippen MR) is 73.6 cm³/mol. The summed E-state index contributed by atoms with van der Waals surface area (Å²) in [7, 11) is 0. The zero-order valence-corrected chi connectivity index (χ0v) is 12.2. The van der Waals surface area contributed by atoms with Crippen molar-refractivity contribution < 1.29 is 14.7 Å². The molecule has 0 aromatic carbocycles. The molecule has 0 aromatic heterocycles. The number of nitrogens with two attached hydrogens (primary N) is 1. The molecule has 0 saturated carbocycles. The van der Waals surface area contributed by atoms with Gasteiger partial charge in [-0.15, -0.1) is 0 Å². The molecule has 5 heteroatoms. The predicted octanol–water partition coefficient (Wildman–Crippen LogP) is 1.46. The van der Waals surface area contributed by atoms with Crippen molar-refractivity contribution in [1.82, 2.24) is 4.90 Å². The number of rotatable bonds is 6. The van der Waals surface area contributed by atoms with E-state index < -0.39 is 11.5 Å². The molecule has 5 nitrogen and oxygen atoms in total. The zero-order chi connectivity index (χ0) is 14.6. The van der Waals surface area contributed by atoms with Gasteiger partial charge in [-0.1, -0.05) is 20.8 Å². The lowest BCUT2D eigenvalue weighted by atomic mass is 9.90. The Balaban J connectivity index is 2.93.